The zero-order chi connectivity index (χ0) is 14.4. The predicted molar refractivity (Wildman–Crippen MR) is 59.1 cm³/mol. The summed E-state index contributed by atoms with van der Waals surface area (Å²) in [6.45, 7) is 0. The van der Waals surface area contributed by atoms with Gasteiger partial charge in [0.2, 0.25) is 0 Å². The lowest BCUT2D eigenvalue weighted by Crippen LogP contribution is -2.25. The van der Waals surface area contributed by atoms with Crippen LogP contribution in [0.4, 0.5) is 17.6 Å². The van der Waals surface area contributed by atoms with Crippen molar-refractivity contribution in [3.8, 4) is 0 Å². The van der Waals surface area contributed by atoms with E-state index >= 15 is 0 Å². The number of H-pyrrole nitrogens is 1. The van der Waals surface area contributed by atoms with Crippen molar-refractivity contribution in [2.45, 2.75) is 17.2 Å². The molecule has 0 aliphatic carbocycles. The van der Waals surface area contributed by atoms with Crippen molar-refractivity contribution in [1.82, 2.24) is 9.97 Å². The Hall–Kier alpha value is -1.64. The Balaban J connectivity index is 2.59. The van der Waals surface area contributed by atoms with Crippen molar-refractivity contribution >= 4 is 20.9 Å². The number of fused-ring (bicyclic) bond motifs is 1. The Bertz CT molecular complexity index is 724. The minimum Gasteiger partial charge on any atom is -0.337 e. The zero-order valence-corrected chi connectivity index (χ0v) is 10.3. The van der Waals surface area contributed by atoms with Gasteiger partial charge in [-0.2, -0.15) is 8.78 Å². The number of aromatic amines is 1. The molecule has 0 amide bonds. The highest BCUT2D eigenvalue weighted by Gasteiger charge is 2.45. The molecule has 0 bridgehead atoms. The number of alkyl halides is 4. The number of hydrogen-bond donors (Lipinski definition) is 1. The van der Waals surface area contributed by atoms with Crippen LogP contribution in [0.15, 0.2) is 23.1 Å². The second-order valence-corrected chi connectivity index (χ2v) is 5.98. The van der Waals surface area contributed by atoms with E-state index in [9.17, 15) is 26.0 Å². The zero-order valence-electron chi connectivity index (χ0n) is 9.49. The number of nitrogens with one attached hydrogen (secondary N) is 1. The van der Waals surface area contributed by atoms with Crippen LogP contribution in [0.25, 0.3) is 11.0 Å². The Morgan fingerprint density at radius 3 is 2.47 bits per heavy atom. The molecule has 104 valence electrons. The van der Waals surface area contributed by atoms with Crippen LogP contribution in [0.3, 0.4) is 0 Å². The lowest BCUT2D eigenvalue weighted by molar-refractivity contribution is -0.140. The van der Waals surface area contributed by atoms with Gasteiger partial charge in [-0.25, -0.2) is 22.2 Å². The molecule has 4 nitrogen and oxygen atoms in total. The summed E-state index contributed by atoms with van der Waals surface area (Å²) in [7, 11) is -3.52. The van der Waals surface area contributed by atoms with Gasteiger partial charge in [0.05, 0.1) is 15.9 Å². The van der Waals surface area contributed by atoms with Crippen molar-refractivity contribution in [3.05, 3.63) is 24.0 Å². The first-order valence-corrected chi connectivity index (χ1v) is 6.88. The van der Waals surface area contributed by atoms with E-state index in [2.05, 4.69) is 4.98 Å². The molecule has 2 rings (SSSR count). The molecule has 1 aromatic carbocycles. The molecule has 1 N–H and O–H groups in total. The number of nitrogens with zero attached hydrogens (tertiary/aromatic N) is 1. The fourth-order valence-corrected chi connectivity index (χ4v) is 2.13. The number of aromatic nitrogens is 2. The first kappa shape index (κ1) is 13.8. The summed E-state index contributed by atoms with van der Waals surface area (Å²) in [5, 5.41) is 0. The van der Waals surface area contributed by atoms with Crippen LogP contribution in [0.2, 0.25) is 0 Å². The second-order valence-electron chi connectivity index (χ2n) is 3.96. The molecule has 0 spiro atoms. The van der Waals surface area contributed by atoms with Crippen LogP contribution in [-0.4, -0.2) is 31.1 Å². The normalized spacial score (nSPS) is 13.4. The number of benzene rings is 1. The molecule has 2 aromatic rings. The summed E-state index contributed by atoms with van der Waals surface area (Å²) in [6, 6.07) is 3.42. The maximum absolute atomic E-state index is 13.1. The van der Waals surface area contributed by atoms with Crippen LogP contribution >= 0.6 is 0 Å². The summed E-state index contributed by atoms with van der Waals surface area (Å²) in [4.78, 5) is 5.26. The SMILES string of the molecule is CS(=O)(=O)c1ccc2nc(C(F)(F)C(F)F)[nH]c2c1. The van der Waals surface area contributed by atoms with Crippen molar-refractivity contribution in [1.29, 1.82) is 0 Å². The molecular formula is C10H8F4N2O2S. The Morgan fingerprint density at radius 1 is 1.32 bits per heavy atom. The molecule has 0 aliphatic rings. The summed E-state index contributed by atoms with van der Waals surface area (Å²) in [5.74, 6) is -5.60. The van der Waals surface area contributed by atoms with Gasteiger partial charge in [-0.3, -0.25) is 0 Å². The molecular weight excluding hydrogens is 288 g/mol. The van der Waals surface area contributed by atoms with E-state index < -0.39 is 28.0 Å². The van der Waals surface area contributed by atoms with Gasteiger partial charge in [-0.15, -0.1) is 0 Å². The van der Waals surface area contributed by atoms with Crippen molar-refractivity contribution in [2.75, 3.05) is 6.26 Å². The maximum Gasteiger partial charge on any atom is 0.363 e. The van der Waals surface area contributed by atoms with Gasteiger partial charge < -0.3 is 4.98 Å². The first-order chi connectivity index (χ1) is 8.62. The third-order valence-electron chi connectivity index (χ3n) is 2.47. The van der Waals surface area contributed by atoms with Gasteiger partial charge in [-0.05, 0) is 18.2 Å². The quantitative estimate of drug-likeness (QED) is 0.884. The minimum absolute atomic E-state index is 0.0114. The lowest BCUT2D eigenvalue weighted by atomic mass is 10.3. The van der Waals surface area contributed by atoms with Gasteiger partial charge in [0.25, 0.3) is 0 Å². The highest BCUT2D eigenvalue weighted by Crippen LogP contribution is 2.33. The number of hydrogen-bond acceptors (Lipinski definition) is 3. The van der Waals surface area contributed by atoms with Crippen LogP contribution < -0.4 is 0 Å². The molecule has 0 aliphatic heterocycles. The van der Waals surface area contributed by atoms with Crippen molar-refractivity contribution in [2.24, 2.45) is 0 Å². The molecule has 0 atom stereocenters. The standard InChI is InChI=1S/C10H8F4N2O2S/c1-19(17,18)5-2-3-6-7(4-5)16-9(15-6)10(13,14)8(11)12/h2-4,8H,1H3,(H,15,16). The maximum atomic E-state index is 13.1. The van der Waals surface area contributed by atoms with E-state index in [0.717, 1.165) is 12.3 Å². The van der Waals surface area contributed by atoms with Crippen LogP contribution in [0.5, 0.6) is 0 Å². The lowest BCUT2D eigenvalue weighted by Gasteiger charge is -2.11. The third kappa shape index (κ3) is 2.42. The average Bonchev–Trinajstić information content (AvgIpc) is 2.70. The topological polar surface area (TPSA) is 62.8 Å². The molecule has 0 unspecified atom stereocenters. The van der Waals surface area contributed by atoms with Crippen LogP contribution in [0.1, 0.15) is 5.82 Å². The predicted octanol–water partition coefficient (Wildman–Crippen LogP) is 2.32. The molecule has 1 heterocycles. The van der Waals surface area contributed by atoms with E-state index in [1.165, 1.54) is 12.1 Å². The van der Waals surface area contributed by atoms with Gasteiger partial charge in [0, 0.05) is 6.26 Å². The molecule has 9 heteroatoms. The van der Waals surface area contributed by atoms with E-state index in [1.807, 2.05) is 4.98 Å². The summed E-state index contributed by atoms with van der Waals surface area (Å²) < 4.78 is 73.1. The average molecular weight is 296 g/mol. The minimum atomic E-state index is -4.41. The molecule has 0 radical (unpaired) electrons. The van der Waals surface area contributed by atoms with E-state index in [1.54, 1.807) is 0 Å². The molecule has 19 heavy (non-hydrogen) atoms. The highest BCUT2D eigenvalue weighted by atomic mass is 32.2. The largest absolute Gasteiger partial charge is 0.363 e. The van der Waals surface area contributed by atoms with E-state index in [-0.39, 0.29) is 15.9 Å². The number of rotatable bonds is 3. The van der Waals surface area contributed by atoms with Gasteiger partial charge in [-0.1, -0.05) is 0 Å². The van der Waals surface area contributed by atoms with Crippen molar-refractivity contribution < 1.29 is 26.0 Å². The van der Waals surface area contributed by atoms with Crippen LogP contribution in [0, 0.1) is 0 Å². The summed E-state index contributed by atoms with van der Waals surface area (Å²) >= 11 is 0. The van der Waals surface area contributed by atoms with Crippen LogP contribution in [-0.2, 0) is 15.8 Å². The van der Waals surface area contributed by atoms with E-state index in [0.29, 0.717) is 0 Å². The second kappa shape index (κ2) is 4.19. The first-order valence-electron chi connectivity index (χ1n) is 4.98. The van der Waals surface area contributed by atoms with Gasteiger partial charge >= 0.3 is 12.3 Å². The molecule has 0 fully saturated rings. The fraction of sp³-hybridized carbons (Fsp3) is 0.300. The Morgan fingerprint density at radius 2 is 1.95 bits per heavy atom. The monoisotopic (exact) mass is 296 g/mol. The highest BCUT2D eigenvalue weighted by molar-refractivity contribution is 7.90. The summed E-state index contributed by atoms with van der Waals surface area (Å²) in [5.41, 5.74) is -0.0547. The Labute approximate surface area is 105 Å². The number of halogens is 4. The fourth-order valence-electron chi connectivity index (χ4n) is 1.48. The van der Waals surface area contributed by atoms with Gasteiger partial charge in [0.15, 0.2) is 15.7 Å². The number of imidazole rings is 1. The summed E-state index contributed by atoms with van der Waals surface area (Å²) in [6.07, 6.45) is -2.96. The van der Waals surface area contributed by atoms with Crippen molar-refractivity contribution in [3.63, 3.8) is 0 Å². The molecule has 0 saturated carbocycles. The molecule has 1 aromatic heterocycles. The third-order valence-corrected chi connectivity index (χ3v) is 3.58. The molecule has 0 saturated heterocycles. The van der Waals surface area contributed by atoms with Gasteiger partial charge in [0.1, 0.15) is 0 Å². The Kier molecular flexibility index (Phi) is 3.04. The van der Waals surface area contributed by atoms with E-state index in [4.69, 9.17) is 0 Å². The smallest absolute Gasteiger partial charge is 0.337 e. The number of sulfone groups is 1.